The van der Waals surface area contributed by atoms with E-state index in [0.29, 0.717) is 5.92 Å². The maximum Gasteiger partial charge on any atom is 0.210 e. The van der Waals surface area contributed by atoms with Crippen LogP contribution in [0.1, 0.15) is 40.0 Å². The quantitative estimate of drug-likeness (QED) is 0.354. The van der Waals surface area contributed by atoms with E-state index in [1.54, 1.807) is 0 Å². The molecule has 1 rings (SSSR count). The van der Waals surface area contributed by atoms with Crippen molar-refractivity contribution in [2.75, 3.05) is 31.9 Å². The number of hydrogen-bond acceptors (Lipinski definition) is 3. The van der Waals surface area contributed by atoms with Crippen molar-refractivity contribution in [2.45, 2.75) is 40.0 Å². The molecule has 1 atom stereocenters. The van der Waals surface area contributed by atoms with Gasteiger partial charge in [0.2, 0.25) is 10.0 Å². The van der Waals surface area contributed by atoms with E-state index in [2.05, 4.69) is 29.1 Å². The monoisotopic (exact) mass is 446 g/mol. The standard InChI is InChI=1S/C14H30N4O2S.HI/c1-4-12(5-2)13-7-9-18(11-13)14(16-6-3)17-8-10-21(15,19)20;/h12-13H,4-11H2,1-3H3,(H,16,17)(H2,15,19,20);1H. The molecule has 0 aromatic carbocycles. The van der Waals surface area contributed by atoms with Gasteiger partial charge >= 0.3 is 0 Å². The maximum absolute atomic E-state index is 11.0. The minimum absolute atomic E-state index is 0. The second kappa shape index (κ2) is 10.6. The van der Waals surface area contributed by atoms with Crippen molar-refractivity contribution in [1.82, 2.24) is 10.2 Å². The summed E-state index contributed by atoms with van der Waals surface area (Å²) in [6, 6.07) is 0. The molecule has 1 unspecified atom stereocenters. The molecule has 0 aliphatic carbocycles. The largest absolute Gasteiger partial charge is 0.357 e. The van der Waals surface area contributed by atoms with Gasteiger partial charge in [-0.15, -0.1) is 24.0 Å². The molecule has 6 nitrogen and oxygen atoms in total. The number of sulfonamides is 1. The zero-order valence-electron chi connectivity index (χ0n) is 13.9. The molecule has 3 N–H and O–H groups in total. The number of rotatable bonds is 7. The molecule has 0 spiro atoms. The molecule has 0 aromatic rings. The summed E-state index contributed by atoms with van der Waals surface area (Å²) in [5.74, 6) is 2.19. The molecule has 132 valence electrons. The van der Waals surface area contributed by atoms with Crippen LogP contribution < -0.4 is 10.5 Å². The van der Waals surface area contributed by atoms with Crippen molar-refractivity contribution < 1.29 is 8.42 Å². The lowest BCUT2D eigenvalue weighted by Gasteiger charge is -2.24. The lowest BCUT2D eigenvalue weighted by Crippen LogP contribution is -2.40. The number of nitrogens with two attached hydrogens (primary N) is 1. The van der Waals surface area contributed by atoms with Crippen molar-refractivity contribution in [2.24, 2.45) is 22.0 Å². The molecule has 0 bridgehead atoms. The van der Waals surface area contributed by atoms with Crippen LogP contribution in [0.5, 0.6) is 0 Å². The fourth-order valence-electron chi connectivity index (χ4n) is 3.02. The Morgan fingerprint density at radius 1 is 1.36 bits per heavy atom. The molecule has 0 aromatic heterocycles. The molecule has 8 heteroatoms. The van der Waals surface area contributed by atoms with Crippen molar-refractivity contribution in [1.29, 1.82) is 0 Å². The summed E-state index contributed by atoms with van der Waals surface area (Å²) in [6.45, 7) is 9.51. The van der Waals surface area contributed by atoms with E-state index in [1.165, 1.54) is 19.3 Å². The summed E-state index contributed by atoms with van der Waals surface area (Å²) < 4.78 is 22.0. The highest BCUT2D eigenvalue weighted by Gasteiger charge is 2.29. The second-order valence-electron chi connectivity index (χ2n) is 5.67. The van der Waals surface area contributed by atoms with Gasteiger partial charge in [-0.2, -0.15) is 0 Å². The van der Waals surface area contributed by atoms with Crippen LogP contribution in [0.3, 0.4) is 0 Å². The van der Waals surface area contributed by atoms with E-state index in [-0.39, 0.29) is 36.3 Å². The van der Waals surface area contributed by atoms with Crippen molar-refractivity contribution in [3.05, 3.63) is 0 Å². The first-order valence-corrected chi connectivity index (χ1v) is 9.66. The van der Waals surface area contributed by atoms with E-state index >= 15 is 0 Å². The summed E-state index contributed by atoms with van der Waals surface area (Å²) in [5, 5.41) is 8.26. The van der Waals surface area contributed by atoms with Crippen LogP contribution in [0.4, 0.5) is 0 Å². The van der Waals surface area contributed by atoms with E-state index in [9.17, 15) is 8.42 Å². The van der Waals surface area contributed by atoms with Crippen LogP contribution in [0.2, 0.25) is 0 Å². The fourth-order valence-corrected chi connectivity index (χ4v) is 3.37. The predicted octanol–water partition coefficient (Wildman–Crippen LogP) is 1.62. The maximum atomic E-state index is 11.0. The van der Waals surface area contributed by atoms with Crippen LogP contribution >= 0.6 is 24.0 Å². The van der Waals surface area contributed by atoms with Gasteiger partial charge in [0, 0.05) is 19.6 Å². The number of halogens is 1. The molecule has 22 heavy (non-hydrogen) atoms. The molecule has 1 fully saturated rings. The number of hydrogen-bond donors (Lipinski definition) is 2. The molecule has 0 amide bonds. The summed E-state index contributed by atoms with van der Waals surface area (Å²) in [5.41, 5.74) is 0. The van der Waals surface area contributed by atoms with Gasteiger partial charge in [-0.3, -0.25) is 4.99 Å². The SMILES string of the molecule is CCNC(=NCCS(N)(=O)=O)N1CCC(C(CC)CC)C1.I. The number of aliphatic imine (C=N–C) groups is 1. The molecule has 1 aliphatic heterocycles. The Balaban J connectivity index is 0.00000441. The lowest BCUT2D eigenvalue weighted by atomic mass is 9.87. The van der Waals surface area contributed by atoms with Crippen LogP contribution in [0.25, 0.3) is 0 Å². The van der Waals surface area contributed by atoms with Gasteiger partial charge in [-0.1, -0.05) is 26.7 Å². The third-order valence-electron chi connectivity index (χ3n) is 4.21. The Bertz CT molecular complexity index is 438. The molecule has 1 heterocycles. The smallest absolute Gasteiger partial charge is 0.210 e. The van der Waals surface area contributed by atoms with Crippen LogP contribution in [0, 0.1) is 11.8 Å². The Labute approximate surface area is 152 Å². The van der Waals surface area contributed by atoms with Gasteiger partial charge in [-0.05, 0) is 25.2 Å². The summed E-state index contributed by atoms with van der Waals surface area (Å²) >= 11 is 0. The molecular weight excluding hydrogens is 415 g/mol. The fraction of sp³-hybridized carbons (Fsp3) is 0.929. The average molecular weight is 446 g/mol. The number of primary sulfonamides is 1. The normalized spacial score (nSPS) is 19.4. The number of nitrogens with zero attached hydrogens (tertiary/aromatic N) is 2. The third-order valence-corrected chi connectivity index (χ3v) is 4.96. The number of likely N-dealkylation sites (tertiary alicyclic amines) is 1. The van der Waals surface area contributed by atoms with Gasteiger partial charge in [0.05, 0.1) is 12.3 Å². The first-order chi connectivity index (χ1) is 9.91. The Morgan fingerprint density at radius 3 is 2.50 bits per heavy atom. The number of nitrogens with one attached hydrogen (secondary N) is 1. The van der Waals surface area contributed by atoms with E-state index in [0.717, 1.165) is 31.5 Å². The van der Waals surface area contributed by atoms with Crippen molar-refractivity contribution in [3.8, 4) is 0 Å². The molecular formula is C14H31IN4O2S. The van der Waals surface area contributed by atoms with E-state index < -0.39 is 10.0 Å². The average Bonchev–Trinajstić information content (AvgIpc) is 2.87. The second-order valence-corrected chi connectivity index (χ2v) is 7.41. The van der Waals surface area contributed by atoms with Gasteiger partial charge < -0.3 is 10.2 Å². The van der Waals surface area contributed by atoms with E-state index in [1.807, 2.05) is 6.92 Å². The molecule has 0 saturated carbocycles. The van der Waals surface area contributed by atoms with Crippen molar-refractivity contribution in [3.63, 3.8) is 0 Å². The van der Waals surface area contributed by atoms with Crippen LogP contribution in [-0.4, -0.2) is 51.2 Å². The predicted molar refractivity (Wildman–Crippen MR) is 103 cm³/mol. The highest BCUT2D eigenvalue weighted by Crippen LogP contribution is 2.28. The minimum atomic E-state index is -3.44. The Kier molecular flexibility index (Phi) is 10.6. The highest BCUT2D eigenvalue weighted by atomic mass is 127. The summed E-state index contributed by atoms with van der Waals surface area (Å²) in [4.78, 5) is 6.64. The van der Waals surface area contributed by atoms with E-state index in [4.69, 9.17) is 5.14 Å². The Hall–Kier alpha value is -0.0900. The molecule has 0 radical (unpaired) electrons. The van der Waals surface area contributed by atoms with Gasteiger partial charge in [0.15, 0.2) is 5.96 Å². The molecule has 1 aliphatic rings. The number of guanidine groups is 1. The minimum Gasteiger partial charge on any atom is -0.357 e. The van der Waals surface area contributed by atoms with Crippen LogP contribution in [-0.2, 0) is 10.0 Å². The van der Waals surface area contributed by atoms with Gasteiger partial charge in [0.25, 0.3) is 0 Å². The van der Waals surface area contributed by atoms with Gasteiger partial charge in [-0.25, -0.2) is 13.6 Å². The topological polar surface area (TPSA) is 87.8 Å². The Morgan fingerprint density at radius 2 is 2.00 bits per heavy atom. The first-order valence-electron chi connectivity index (χ1n) is 7.94. The molecule has 1 saturated heterocycles. The zero-order valence-corrected chi connectivity index (χ0v) is 17.1. The summed E-state index contributed by atoms with van der Waals surface area (Å²) in [7, 11) is -3.44. The lowest BCUT2D eigenvalue weighted by molar-refractivity contribution is 0.319. The van der Waals surface area contributed by atoms with Crippen LogP contribution in [0.15, 0.2) is 4.99 Å². The highest BCUT2D eigenvalue weighted by molar-refractivity contribution is 14.0. The third kappa shape index (κ3) is 7.45. The van der Waals surface area contributed by atoms with Gasteiger partial charge in [0.1, 0.15) is 0 Å². The first kappa shape index (κ1) is 21.9. The zero-order chi connectivity index (χ0) is 15.9. The summed E-state index contributed by atoms with van der Waals surface area (Å²) in [6.07, 6.45) is 3.62. The van der Waals surface area contributed by atoms with Crippen molar-refractivity contribution >= 4 is 40.0 Å².